The zero-order valence-corrected chi connectivity index (χ0v) is 14.9. The summed E-state index contributed by atoms with van der Waals surface area (Å²) in [7, 11) is 0. The van der Waals surface area contributed by atoms with Gasteiger partial charge in [-0.05, 0) is 18.8 Å². The van der Waals surface area contributed by atoms with Crippen molar-refractivity contribution in [2.45, 2.75) is 44.2 Å². The number of hydrogen-bond acceptors (Lipinski definition) is 6. The standard InChI is InChI=1S/C18H25N3O5/c1-4-5-11(2)6-7-19-17-12(3)21(10-22)18(20-17)26-14-9-25-15-13(23)8-24-16(14)15/h4,10-11,13-16,23H,1,3,5-9H2,2H3/b19-17+/t11?,13-,14-,15-,16-/m1/s1. The van der Waals surface area contributed by atoms with Gasteiger partial charge in [-0.15, -0.1) is 6.58 Å². The fraction of sp³-hybridized carbons (Fsp3) is 0.611. The van der Waals surface area contributed by atoms with Gasteiger partial charge in [0.15, 0.2) is 11.9 Å². The number of amidine groups is 2. The minimum absolute atomic E-state index is 0.113. The Hall–Kier alpha value is -2.03. The molecule has 2 fully saturated rings. The van der Waals surface area contributed by atoms with Gasteiger partial charge in [0.25, 0.3) is 0 Å². The number of carbonyl (C=O) groups excluding carboxylic acids is 1. The maximum Gasteiger partial charge on any atom is 0.306 e. The minimum Gasteiger partial charge on any atom is -0.456 e. The van der Waals surface area contributed by atoms with E-state index in [0.717, 1.165) is 12.8 Å². The van der Waals surface area contributed by atoms with Crippen molar-refractivity contribution in [2.75, 3.05) is 19.8 Å². The number of amides is 1. The first-order valence-electron chi connectivity index (χ1n) is 8.81. The average molecular weight is 363 g/mol. The van der Waals surface area contributed by atoms with Gasteiger partial charge in [0.2, 0.25) is 6.41 Å². The zero-order valence-electron chi connectivity index (χ0n) is 14.9. The summed E-state index contributed by atoms with van der Waals surface area (Å²) in [6, 6.07) is 0.113. The van der Waals surface area contributed by atoms with E-state index in [1.54, 1.807) is 0 Å². The fourth-order valence-electron chi connectivity index (χ4n) is 3.22. The predicted molar refractivity (Wildman–Crippen MR) is 95.7 cm³/mol. The molecule has 1 amide bonds. The lowest BCUT2D eigenvalue weighted by Crippen LogP contribution is -2.37. The van der Waals surface area contributed by atoms with Crippen molar-refractivity contribution in [3.8, 4) is 0 Å². The molecule has 1 unspecified atom stereocenters. The molecule has 0 aromatic rings. The van der Waals surface area contributed by atoms with Gasteiger partial charge in [-0.2, -0.15) is 4.99 Å². The lowest BCUT2D eigenvalue weighted by Gasteiger charge is -2.20. The highest BCUT2D eigenvalue weighted by molar-refractivity contribution is 6.14. The monoisotopic (exact) mass is 363 g/mol. The van der Waals surface area contributed by atoms with E-state index in [-0.39, 0.29) is 25.3 Å². The van der Waals surface area contributed by atoms with Crippen molar-refractivity contribution >= 4 is 18.3 Å². The molecule has 26 heavy (non-hydrogen) atoms. The second kappa shape index (κ2) is 8.11. The van der Waals surface area contributed by atoms with E-state index in [9.17, 15) is 9.90 Å². The third-order valence-corrected chi connectivity index (χ3v) is 4.75. The Morgan fingerprint density at radius 1 is 1.46 bits per heavy atom. The molecule has 8 nitrogen and oxygen atoms in total. The first kappa shape index (κ1) is 18.8. The highest BCUT2D eigenvalue weighted by atomic mass is 16.6. The van der Waals surface area contributed by atoms with Crippen molar-refractivity contribution in [1.82, 2.24) is 4.90 Å². The smallest absolute Gasteiger partial charge is 0.306 e. The largest absolute Gasteiger partial charge is 0.456 e. The third kappa shape index (κ3) is 3.72. The molecule has 3 aliphatic rings. The summed E-state index contributed by atoms with van der Waals surface area (Å²) >= 11 is 0. The first-order valence-corrected chi connectivity index (χ1v) is 8.81. The Balaban J connectivity index is 1.64. The Bertz CT molecular complexity index is 632. The number of hydrogen-bond donors (Lipinski definition) is 1. The maximum atomic E-state index is 11.4. The number of carbonyl (C=O) groups is 1. The number of aliphatic imine (C=N–C) groups is 2. The lowest BCUT2D eigenvalue weighted by atomic mass is 10.0. The number of rotatable bonds is 7. The van der Waals surface area contributed by atoms with Gasteiger partial charge < -0.3 is 19.3 Å². The van der Waals surface area contributed by atoms with E-state index in [4.69, 9.17) is 14.2 Å². The molecule has 0 aliphatic carbocycles. The van der Waals surface area contributed by atoms with Crippen LogP contribution in [0.15, 0.2) is 34.9 Å². The van der Waals surface area contributed by atoms with Gasteiger partial charge >= 0.3 is 6.02 Å². The number of nitrogens with zero attached hydrogens (tertiary/aromatic N) is 3. The summed E-state index contributed by atoms with van der Waals surface area (Å²) in [5.41, 5.74) is 0.384. The minimum atomic E-state index is -0.661. The molecule has 2 saturated heterocycles. The van der Waals surface area contributed by atoms with E-state index in [1.807, 2.05) is 6.08 Å². The Morgan fingerprint density at radius 2 is 2.23 bits per heavy atom. The molecule has 0 radical (unpaired) electrons. The van der Waals surface area contributed by atoms with Gasteiger partial charge in [0.1, 0.15) is 18.3 Å². The van der Waals surface area contributed by atoms with Crippen LogP contribution in [0.5, 0.6) is 0 Å². The molecule has 0 spiro atoms. The van der Waals surface area contributed by atoms with Crippen LogP contribution in [0.3, 0.4) is 0 Å². The maximum absolute atomic E-state index is 11.4. The number of ether oxygens (including phenoxy) is 3. The number of aliphatic hydroxyl groups is 1. The molecule has 3 aliphatic heterocycles. The fourth-order valence-corrected chi connectivity index (χ4v) is 3.22. The van der Waals surface area contributed by atoms with Crippen LogP contribution in [0.1, 0.15) is 19.8 Å². The Morgan fingerprint density at radius 3 is 2.96 bits per heavy atom. The summed E-state index contributed by atoms with van der Waals surface area (Å²) < 4.78 is 16.9. The van der Waals surface area contributed by atoms with Gasteiger partial charge in [-0.1, -0.05) is 19.6 Å². The van der Waals surface area contributed by atoms with Crippen LogP contribution in [0.4, 0.5) is 0 Å². The summed E-state index contributed by atoms with van der Waals surface area (Å²) in [6.07, 6.45) is 2.42. The van der Waals surface area contributed by atoms with E-state index in [2.05, 4.69) is 30.1 Å². The number of fused-ring (bicyclic) bond motifs is 1. The Labute approximate surface area is 152 Å². The van der Waals surface area contributed by atoms with E-state index in [0.29, 0.717) is 30.4 Å². The van der Waals surface area contributed by atoms with Crippen LogP contribution < -0.4 is 0 Å². The molecule has 0 bridgehead atoms. The van der Waals surface area contributed by atoms with Crippen LogP contribution in [-0.4, -0.2) is 72.4 Å². The molecular formula is C18H25N3O5. The number of aliphatic hydroxyl groups excluding tert-OH is 1. The molecule has 8 heteroatoms. The van der Waals surface area contributed by atoms with Crippen LogP contribution in [-0.2, 0) is 19.0 Å². The second-order valence-electron chi connectivity index (χ2n) is 6.76. The number of allylic oxidation sites excluding steroid dienone is 1. The van der Waals surface area contributed by atoms with E-state index in [1.165, 1.54) is 4.90 Å². The molecular weight excluding hydrogens is 338 g/mol. The highest BCUT2D eigenvalue weighted by Gasteiger charge is 2.49. The molecule has 0 saturated carbocycles. The summed E-state index contributed by atoms with van der Waals surface area (Å²) in [5, 5.41) is 9.80. The van der Waals surface area contributed by atoms with Crippen LogP contribution in [0.2, 0.25) is 0 Å². The van der Waals surface area contributed by atoms with Crippen molar-refractivity contribution in [2.24, 2.45) is 15.9 Å². The normalized spacial score (nSPS) is 33.3. The van der Waals surface area contributed by atoms with Crippen LogP contribution in [0, 0.1) is 5.92 Å². The molecule has 3 heterocycles. The topological polar surface area (TPSA) is 93.0 Å². The summed E-state index contributed by atoms with van der Waals surface area (Å²) in [5.74, 6) is 0.868. The second-order valence-corrected chi connectivity index (χ2v) is 6.76. The molecule has 3 rings (SSSR count). The average Bonchev–Trinajstić information content (AvgIpc) is 3.26. The molecule has 5 atom stereocenters. The molecule has 0 aromatic heterocycles. The summed E-state index contributed by atoms with van der Waals surface area (Å²) in [6.45, 7) is 10.8. The SMILES string of the molecule is C=CCC(C)CC/N=C1/N=C(O[C@@H]2CO[C@H]3[C@@H]2OC[C@H]3O)N(C=O)C1=C. The lowest BCUT2D eigenvalue weighted by molar-refractivity contribution is -0.114. The van der Waals surface area contributed by atoms with E-state index < -0.39 is 18.3 Å². The first-order chi connectivity index (χ1) is 12.5. The summed E-state index contributed by atoms with van der Waals surface area (Å²) in [4.78, 5) is 21.4. The molecule has 1 N–H and O–H groups in total. The van der Waals surface area contributed by atoms with Gasteiger partial charge in [0.05, 0.1) is 18.9 Å². The third-order valence-electron chi connectivity index (χ3n) is 4.75. The molecule has 142 valence electrons. The van der Waals surface area contributed by atoms with Gasteiger partial charge in [-0.25, -0.2) is 4.90 Å². The Kier molecular flexibility index (Phi) is 5.85. The van der Waals surface area contributed by atoms with Crippen LogP contribution >= 0.6 is 0 Å². The quantitative estimate of drug-likeness (QED) is 0.535. The zero-order chi connectivity index (χ0) is 18.7. The van der Waals surface area contributed by atoms with Crippen molar-refractivity contribution in [1.29, 1.82) is 0 Å². The van der Waals surface area contributed by atoms with Crippen molar-refractivity contribution in [3.05, 3.63) is 24.9 Å². The van der Waals surface area contributed by atoms with Crippen molar-refractivity contribution in [3.63, 3.8) is 0 Å². The predicted octanol–water partition coefficient (Wildman–Crippen LogP) is 0.873. The van der Waals surface area contributed by atoms with Crippen molar-refractivity contribution < 1.29 is 24.1 Å². The molecule has 0 aromatic carbocycles. The van der Waals surface area contributed by atoms with E-state index >= 15 is 0 Å². The van der Waals surface area contributed by atoms with Crippen LogP contribution in [0.25, 0.3) is 0 Å². The van der Waals surface area contributed by atoms with Gasteiger partial charge in [0, 0.05) is 6.54 Å². The highest BCUT2D eigenvalue weighted by Crippen LogP contribution is 2.30. The van der Waals surface area contributed by atoms with Gasteiger partial charge in [-0.3, -0.25) is 9.79 Å².